The van der Waals surface area contributed by atoms with Gasteiger partial charge in [0, 0.05) is 11.6 Å². The van der Waals surface area contributed by atoms with Gasteiger partial charge in [-0.2, -0.15) is 5.26 Å². The first-order chi connectivity index (χ1) is 13.0. The highest BCUT2D eigenvalue weighted by atomic mass is 35.5. The predicted molar refractivity (Wildman–Crippen MR) is 108 cm³/mol. The largest absolute Gasteiger partial charge is 0.457 e. The lowest BCUT2D eigenvalue weighted by molar-refractivity contribution is 0.572. The van der Waals surface area contributed by atoms with Crippen LogP contribution in [0.4, 0.5) is 0 Å². The van der Waals surface area contributed by atoms with Crippen LogP contribution in [0, 0.1) is 18.3 Å². The molecule has 0 aliphatic rings. The average Bonchev–Trinajstić information content (AvgIpc) is 3.28. The zero-order valence-corrected chi connectivity index (χ0v) is 15.8. The van der Waals surface area contributed by atoms with E-state index in [2.05, 4.69) is 16.0 Å². The topological polar surface area (TPSA) is 65.6 Å². The maximum atomic E-state index is 9.57. The monoisotopic (exact) mass is 393 g/mol. The second-order valence-corrected chi connectivity index (χ2v) is 6.86. The number of aryl methyl sites for hydroxylation is 1. The van der Waals surface area contributed by atoms with E-state index in [1.54, 1.807) is 30.3 Å². The second kappa shape index (κ2) is 6.96. The zero-order valence-electron chi connectivity index (χ0n) is 14.3. The van der Waals surface area contributed by atoms with E-state index in [1.807, 2.05) is 31.2 Å². The molecule has 0 fully saturated rings. The van der Waals surface area contributed by atoms with Crippen molar-refractivity contribution in [2.45, 2.75) is 6.92 Å². The first-order valence-corrected chi connectivity index (χ1v) is 8.93. The Balaban J connectivity index is 1.72. The van der Waals surface area contributed by atoms with Gasteiger partial charge in [0.15, 0.2) is 0 Å². The molecule has 4 aromatic rings. The number of H-pyrrole nitrogens is 1. The van der Waals surface area contributed by atoms with Crippen LogP contribution in [0.5, 0.6) is 0 Å². The lowest BCUT2D eigenvalue weighted by Crippen LogP contribution is -1.84. The number of benzene rings is 2. The highest BCUT2D eigenvalue weighted by molar-refractivity contribution is 6.43. The van der Waals surface area contributed by atoms with Gasteiger partial charge < -0.3 is 9.40 Å². The van der Waals surface area contributed by atoms with Crippen molar-refractivity contribution in [3.8, 4) is 17.4 Å². The van der Waals surface area contributed by atoms with Crippen LogP contribution in [0.15, 0.2) is 52.9 Å². The number of rotatable bonds is 3. The Morgan fingerprint density at radius 3 is 2.85 bits per heavy atom. The molecule has 0 atom stereocenters. The first-order valence-electron chi connectivity index (χ1n) is 8.18. The van der Waals surface area contributed by atoms with Crippen LogP contribution in [-0.4, -0.2) is 9.97 Å². The smallest absolute Gasteiger partial charge is 0.149 e. The normalized spacial score (nSPS) is 11.7. The van der Waals surface area contributed by atoms with Gasteiger partial charge in [-0.05, 0) is 48.9 Å². The summed E-state index contributed by atoms with van der Waals surface area (Å²) in [6.07, 6.45) is 1.65. The number of fused-ring (bicyclic) bond motifs is 1. The maximum absolute atomic E-state index is 9.57. The Labute approximate surface area is 165 Å². The molecule has 2 heterocycles. The molecule has 6 heteroatoms. The van der Waals surface area contributed by atoms with E-state index >= 15 is 0 Å². The van der Waals surface area contributed by atoms with Crippen molar-refractivity contribution in [3.05, 3.63) is 75.7 Å². The van der Waals surface area contributed by atoms with Gasteiger partial charge in [0.05, 0.1) is 26.7 Å². The number of halogens is 2. The summed E-state index contributed by atoms with van der Waals surface area (Å²) in [6, 6.07) is 17.0. The number of allylic oxidation sites excluding steroid dienone is 1. The van der Waals surface area contributed by atoms with Crippen LogP contribution in [0.2, 0.25) is 10.0 Å². The van der Waals surface area contributed by atoms with Gasteiger partial charge >= 0.3 is 0 Å². The van der Waals surface area contributed by atoms with Crippen molar-refractivity contribution in [3.63, 3.8) is 0 Å². The highest BCUT2D eigenvalue weighted by Gasteiger charge is 2.12. The van der Waals surface area contributed by atoms with Crippen LogP contribution < -0.4 is 0 Å². The van der Waals surface area contributed by atoms with Crippen molar-refractivity contribution in [2.75, 3.05) is 0 Å². The lowest BCUT2D eigenvalue weighted by Gasteiger charge is -2.02. The average molecular weight is 394 g/mol. The molecule has 2 aromatic heterocycles. The minimum atomic E-state index is 0.377. The number of furan rings is 1. The van der Waals surface area contributed by atoms with Crippen LogP contribution in [-0.2, 0) is 0 Å². The molecule has 132 valence electrons. The fraction of sp³-hybridized carbons (Fsp3) is 0.0476. The molecule has 0 spiro atoms. The third-order valence-corrected chi connectivity index (χ3v) is 4.96. The van der Waals surface area contributed by atoms with E-state index in [0.29, 0.717) is 38.5 Å². The molecule has 2 aromatic carbocycles. The number of imidazole rings is 1. The van der Waals surface area contributed by atoms with Gasteiger partial charge in [0.25, 0.3) is 0 Å². The van der Waals surface area contributed by atoms with Gasteiger partial charge in [-0.25, -0.2) is 4.98 Å². The Morgan fingerprint density at radius 2 is 2.04 bits per heavy atom. The third kappa shape index (κ3) is 3.35. The van der Waals surface area contributed by atoms with Gasteiger partial charge in [-0.1, -0.05) is 35.3 Å². The number of hydrogen-bond acceptors (Lipinski definition) is 3. The zero-order chi connectivity index (χ0) is 19.0. The summed E-state index contributed by atoms with van der Waals surface area (Å²) in [4.78, 5) is 7.67. The summed E-state index contributed by atoms with van der Waals surface area (Å²) in [5, 5.41) is 10.5. The van der Waals surface area contributed by atoms with Crippen molar-refractivity contribution < 1.29 is 4.42 Å². The van der Waals surface area contributed by atoms with Gasteiger partial charge in [0.2, 0.25) is 0 Å². The quantitative estimate of drug-likeness (QED) is 0.403. The number of aromatic amines is 1. The molecule has 0 radical (unpaired) electrons. The van der Waals surface area contributed by atoms with Gasteiger partial charge in [0.1, 0.15) is 23.4 Å². The van der Waals surface area contributed by atoms with E-state index in [-0.39, 0.29) is 0 Å². The molecule has 0 bridgehead atoms. The Hall–Kier alpha value is -3.00. The van der Waals surface area contributed by atoms with Crippen LogP contribution in [0.3, 0.4) is 0 Å². The SMILES string of the molecule is Cc1ccc2nc(/C(C#N)=C\c3ccc(-c4cccc(Cl)c4Cl)o3)[nH]c2c1. The molecule has 0 aliphatic carbocycles. The molecule has 4 nitrogen and oxygen atoms in total. The molecular weight excluding hydrogens is 381 g/mol. The number of aromatic nitrogens is 2. The van der Waals surface area contributed by atoms with Crippen molar-refractivity contribution >= 4 is 45.9 Å². The van der Waals surface area contributed by atoms with Crippen LogP contribution in [0.25, 0.3) is 34.0 Å². The molecule has 0 aliphatic heterocycles. The molecule has 0 unspecified atom stereocenters. The van der Waals surface area contributed by atoms with Gasteiger partial charge in [-0.15, -0.1) is 0 Å². The van der Waals surface area contributed by atoms with Gasteiger partial charge in [-0.3, -0.25) is 0 Å². The minimum absolute atomic E-state index is 0.377. The van der Waals surface area contributed by atoms with Crippen molar-refractivity contribution in [1.82, 2.24) is 9.97 Å². The summed E-state index contributed by atoms with van der Waals surface area (Å²) < 4.78 is 5.84. The van der Waals surface area contributed by atoms with Crippen LogP contribution >= 0.6 is 23.2 Å². The minimum Gasteiger partial charge on any atom is -0.457 e. The molecule has 1 N–H and O–H groups in total. The van der Waals surface area contributed by atoms with Crippen LogP contribution in [0.1, 0.15) is 17.1 Å². The molecule has 0 amide bonds. The Kier molecular flexibility index (Phi) is 4.49. The first kappa shape index (κ1) is 17.4. The van der Waals surface area contributed by atoms with Crippen molar-refractivity contribution in [1.29, 1.82) is 5.26 Å². The predicted octanol–water partition coefficient (Wildman–Crippen LogP) is 6.50. The Morgan fingerprint density at radius 1 is 1.19 bits per heavy atom. The summed E-state index contributed by atoms with van der Waals surface area (Å²) in [5.74, 6) is 1.59. The molecular formula is C21H13Cl2N3O. The fourth-order valence-corrected chi connectivity index (χ4v) is 3.21. The fourth-order valence-electron chi connectivity index (χ4n) is 2.82. The standard InChI is InChI=1S/C21H13Cl2N3O/c1-12-5-7-17-18(9-12)26-21(25-17)13(11-24)10-14-6-8-19(27-14)15-3-2-4-16(22)20(15)23/h2-10H,1H3,(H,25,26)/b13-10-. The van der Waals surface area contributed by atoms with E-state index in [1.165, 1.54) is 0 Å². The maximum Gasteiger partial charge on any atom is 0.149 e. The molecule has 0 saturated heterocycles. The van der Waals surface area contributed by atoms with E-state index in [9.17, 15) is 5.26 Å². The summed E-state index contributed by atoms with van der Waals surface area (Å²) in [5.41, 5.74) is 3.89. The summed E-state index contributed by atoms with van der Waals surface area (Å²) in [6.45, 7) is 2.01. The molecule has 4 rings (SSSR count). The third-order valence-electron chi connectivity index (χ3n) is 4.14. The summed E-state index contributed by atoms with van der Waals surface area (Å²) in [7, 11) is 0. The number of nitriles is 1. The van der Waals surface area contributed by atoms with E-state index < -0.39 is 0 Å². The lowest BCUT2D eigenvalue weighted by atomic mass is 10.2. The molecule has 0 saturated carbocycles. The number of nitrogens with zero attached hydrogens (tertiary/aromatic N) is 2. The van der Waals surface area contributed by atoms with E-state index in [4.69, 9.17) is 27.6 Å². The van der Waals surface area contributed by atoms with E-state index in [0.717, 1.165) is 16.6 Å². The highest BCUT2D eigenvalue weighted by Crippen LogP contribution is 2.34. The Bertz CT molecular complexity index is 1230. The molecule has 27 heavy (non-hydrogen) atoms. The number of hydrogen-bond donors (Lipinski definition) is 1. The van der Waals surface area contributed by atoms with Crippen molar-refractivity contribution in [2.24, 2.45) is 0 Å². The summed E-state index contributed by atoms with van der Waals surface area (Å²) >= 11 is 12.3. The second-order valence-electron chi connectivity index (χ2n) is 6.08. The number of nitrogens with one attached hydrogen (secondary N) is 1.